The summed E-state index contributed by atoms with van der Waals surface area (Å²) in [5.41, 5.74) is -0.636. The largest absolute Gasteiger partial charge is 0.548 e. The van der Waals surface area contributed by atoms with Gasteiger partial charge in [-0.2, -0.15) is 0 Å². The number of nitrogens with one attached hydrogen (secondary N) is 2. The molecule has 0 aromatic heterocycles. The number of hydrogen-bond acceptors (Lipinski definition) is 7. The minimum atomic E-state index is -1.47. The fourth-order valence-corrected chi connectivity index (χ4v) is 2.30. The lowest BCUT2D eigenvalue weighted by Crippen LogP contribution is -2.71. The van der Waals surface area contributed by atoms with Crippen molar-refractivity contribution < 1.29 is 34.9 Å². The Kier molecular flexibility index (Phi) is 5.70. The second kappa shape index (κ2) is 6.88. The molecule has 3 atom stereocenters. The van der Waals surface area contributed by atoms with Crippen molar-refractivity contribution in [3.63, 3.8) is 0 Å². The maximum Gasteiger partial charge on any atom is 0.221 e. The Hall–Kier alpha value is -1.64. The fraction of sp³-hybridized carbons (Fsp3) is 0.692. The Morgan fingerprint density at radius 3 is 2.57 bits per heavy atom. The van der Waals surface area contributed by atoms with Crippen molar-refractivity contribution in [3.05, 3.63) is 11.5 Å². The van der Waals surface area contributed by atoms with Gasteiger partial charge in [0.05, 0.1) is 43.9 Å². The van der Waals surface area contributed by atoms with Crippen LogP contribution in [-0.4, -0.2) is 65.5 Å². The molecule has 8 heteroatoms. The SMILES string of the molecule is C[NH+]=C1CC(O)(CO)CC(NC(C(=O)[O-])C(C)O)=C1OC. The van der Waals surface area contributed by atoms with Gasteiger partial charge in [-0.15, -0.1) is 0 Å². The summed E-state index contributed by atoms with van der Waals surface area (Å²) in [6.07, 6.45) is -1.10. The van der Waals surface area contributed by atoms with Crippen molar-refractivity contribution in [2.45, 2.75) is 37.5 Å². The third-order valence-electron chi connectivity index (χ3n) is 3.43. The van der Waals surface area contributed by atoms with Gasteiger partial charge in [-0.05, 0) is 6.92 Å². The minimum absolute atomic E-state index is 0.0334. The molecule has 0 saturated carbocycles. The summed E-state index contributed by atoms with van der Waals surface area (Å²) in [4.78, 5) is 13.9. The predicted octanol–water partition coefficient (Wildman–Crippen LogP) is -4.40. The first-order valence-corrected chi connectivity index (χ1v) is 6.57. The normalized spacial score (nSPS) is 27.4. The second-order valence-corrected chi connectivity index (χ2v) is 5.16. The van der Waals surface area contributed by atoms with Gasteiger partial charge < -0.3 is 35.3 Å². The van der Waals surface area contributed by atoms with Crippen LogP contribution in [-0.2, 0) is 9.53 Å². The lowest BCUT2D eigenvalue weighted by atomic mass is 9.85. The first-order valence-electron chi connectivity index (χ1n) is 6.57. The molecule has 0 spiro atoms. The average molecular weight is 302 g/mol. The van der Waals surface area contributed by atoms with Crippen LogP contribution >= 0.6 is 0 Å². The number of aliphatic carboxylic acids is 1. The molecule has 0 radical (unpaired) electrons. The number of carbonyl (C=O) groups excluding carboxylic acids is 1. The number of aliphatic hydroxyl groups excluding tert-OH is 2. The Morgan fingerprint density at radius 2 is 2.19 bits per heavy atom. The van der Waals surface area contributed by atoms with Crippen LogP contribution in [0.3, 0.4) is 0 Å². The highest BCUT2D eigenvalue weighted by Gasteiger charge is 2.41. The van der Waals surface area contributed by atoms with Gasteiger partial charge in [-0.25, -0.2) is 4.99 Å². The van der Waals surface area contributed by atoms with E-state index in [1.807, 2.05) is 0 Å². The zero-order chi connectivity index (χ0) is 16.2. The number of carbonyl (C=O) groups is 1. The molecule has 3 unspecified atom stereocenters. The molecule has 1 rings (SSSR count). The van der Waals surface area contributed by atoms with E-state index in [9.17, 15) is 25.2 Å². The molecule has 0 aliphatic heterocycles. The van der Waals surface area contributed by atoms with Crippen LogP contribution in [0.5, 0.6) is 0 Å². The van der Waals surface area contributed by atoms with E-state index >= 15 is 0 Å². The van der Waals surface area contributed by atoms with E-state index < -0.39 is 30.3 Å². The molecule has 0 saturated heterocycles. The summed E-state index contributed by atoms with van der Waals surface area (Å²) in [6.45, 7) is 0.815. The third kappa shape index (κ3) is 3.93. The lowest BCUT2D eigenvalue weighted by Gasteiger charge is -2.34. The molecule has 21 heavy (non-hydrogen) atoms. The van der Waals surface area contributed by atoms with Crippen LogP contribution in [0.25, 0.3) is 0 Å². The van der Waals surface area contributed by atoms with Crippen LogP contribution in [0.4, 0.5) is 0 Å². The van der Waals surface area contributed by atoms with E-state index in [1.165, 1.54) is 14.0 Å². The first-order chi connectivity index (χ1) is 9.77. The van der Waals surface area contributed by atoms with Gasteiger partial charge in [-0.1, -0.05) is 0 Å². The Bertz CT molecular complexity index is 460. The van der Waals surface area contributed by atoms with E-state index in [-0.39, 0.29) is 18.5 Å². The van der Waals surface area contributed by atoms with E-state index in [0.717, 1.165) is 0 Å². The highest BCUT2D eigenvalue weighted by molar-refractivity contribution is 5.96. The molecule has 0 amide bonds. The molecule has 120 valence electrons. The Labute approximate surface area is 122 Å². The number of carboxylic acids is 1. The van der Waals surface area contributed by atoms with Crippen molar-refractivity contribution in [1.82, 2.24) is 5.32 Å². The van der Waals surface area contributed by atoms with Gasteiger partial charge in [-0.3, -0.25) is 0 Å². The molecule has 0 aromatic carbocycles. The van der Waals surface area contributed by atoms with E-state index in [1.54, 1.807) is 7.05 Å². The van der Waals surface area contributed by atoms with Crippen molar-refractivity contribution in [2.75, 3.05) is 20.8 Å². The van der Waals surface area contributed by atoms with Gasteiger partial charge in [0.2, 0.25) is 11.5 Å². The molecular weight excluding hydrogens is 280 g/mol. The van der Waals surface area contributed by atoms with Gasteiger partial charge in [0.15, 0.2) is 0 Å². The van der Waals surface area contributed by atoms with Crippen LogP contribution in [0, 0.1) is 0 Å². The number of carboxylic acid groups (broad SMARTS) is 1. The summed E-state index contributed by atoms with van der Waals surface area (Å²) in [5, 5.41) is 42.8. The van der Waals surface area contributed by atoms with Gasteiger partial charge in [0.1, 0.15) is 12.6 Å². The van der Waals surface area contributed by atoms with E-state index in [4.69, 9.17) is 4.74 Å². The van der Waals surface area contributed by atoms with Gasteiger partial charge in [0.25, 0.3) is 0 Å². The number of hydrogen-bond donors (Lipinski definition) is 5. The third-order valence-corrected chi connectivity index (χ3v) is 3.43. The van der Waals surface area contributed by atoms with Crippen LogP contribution < -0.4 is 15.4 Å². The Balaban J connectivity index is 3.19. The summed E-state index contributed by atoms with van der Waals surface area (Å²) in [5.74, 6) is -1.13. The molecule has 8 nitrogen and oxygen atoms in total. The average Bonchev–Trinajstić information content (AvgIpc) is 2.43. The van der Waals surface area contributed by atoms with Crippen molar-refractivity contribution in [3.8, 4) is 0 Å². The molecule has 5 N–H and O–H groups in total. The molecule has 0 fully saturated rings. The van der Waals surface area contributed by atoms with Crippen LogP contribution in [0.15, 0.2) is 11.5 Å². The molecule has 1 aliphatic rings. The quantitative estimate of drug-likeness (QED) is 0.334. The van der Waals surface area contributed by atoms with Crippen LogP contribution in [0.1, 0.15) is 19.8 Å². The zero-order valence-corrected chi connectivity index (χ0v) is 12.3. The smallest absolute Gasteiger partial charge is 0.221 e. The zero-order valence-electron chi connectivity index (χ0n) is 12.3. The molecular formula is C13H22N2O6. The van der Waals surface area contributed by atoms with Gasteiger partial charge >= 0.3 is 0 Å². The predicted molar refractivity (Wildman–Crippen MR) is 70.8 cm³/mol. The second-order valence-electron chi connectivity index (χ2n) is 5.16. The van der Waals surface area contributed by atoms with Crippen molar-refractivity contribution in [2.24, 2.45) is 0 Å². The lowest BCUT2D eigenvalue weighted by molar-refractivity contribution is -0.423. The van der Waals surface area contributed by atoms with Crippen molar-refractivity contribution in [1.29, 1.82) is 0 Å². The topological polar surface area (TPSA) is 136 Å². The highest BCUT2D eigenvalue weighted by atomic mass is 16.5. The summed E-state index contributed by atoms with van der Waals surface area (Å²) >= 11 is 0. The number of ether oxygens (including phenoxy) is 1. The Morgan fingerprint density at radius 1 is 1.57 bits per heavy atom. The summed E-state index contributed by atoms with van der Waals surface area (Å²) < 4.78 is 5.24. The molecule has 0 bridgehead atoms. The minimum Gasteiger partial charge on any atom is -0.548 e. The number of methoxy groups -OCH3 is 1. The summed E-state index contributed by atoms with van der Waals surface area (Å²) in [7, 11) is 3.04. The molecule has 0 heterocycles. The van der Waals surface area contributed by atoms with Crippen molar-refractivity contribution >= 4 is 11.7 Å². The standard InChI is InChI=1S/C13H22N2O6/c1-7(17)10(12(18)19)15-9-5-13(20,6-16)4-8(14-2)11(9)21-3/h7,10,15-17,20H,4-6H2,1-3H3,(H,18,19). The monoisotopic (exact) mass is 302 g/mol. The van der Waals surface area contributed by atoms with Gasteiger partial charge in [0, 0.05) is 6.42 Å². The maximum absolute atomic E-state index is 11.1. The fourth-order valence-electron chi connectivity index (χ4n) is 2.30. The van der Waals surface area contributed by atoms with Crippen LogP contribution in [0.2, 0.25) is 0 Å². The highest BCUT2D eigenvalue weighted by Crippen LogP contribution is 2.29. The molecule has 0 aromatic rings. The maximum atomic E-state index is 11.1. The molecule has 1 aliphatic carbocycles. The number of aliphatic hydroxyl groups is 3. The number of rotatable bonds is 6. The summed E-state index contributed by atoms with van der Waals surface area (Å²) in [6, 6.07) is -1.36. The van der Waals surface area contributed by atoms with E-state index in [0.29, 0.717) is 11.5 Å². The first kappa shape index (κ1) is 17.4. The van der Waals surface area contributed by atoms with E-state index in [2.05, 4.69) is 10.3 Å². The number of allylic oxidation sites excluding steroid dienone is 1.